The van der Waals surface area contributed by atoms with E-state index in [0.29, 0.717) is 17.4 Å². The number of hydrogen-bond donors (Lipinski definition) is 2. The van der Waals surface area contributed by atoms with E-state index in [-0.39, 0.29) is 17.0 Å². The van der Waals surface area contributed by atoms with Gasteiger partial charge in [-0.25, -0.2) is 4.98 Å². The van der Waals surface area contributed by atoms with Crippen molar-refractivity contribution in [3.8, 4) is 0 Å². The molecule has 0 unspecified atom stereocenters. The largest absolute Gasteiger partial charge is 0.384 e. The summed E-state index contributed by atoms with van der Waals surface area (Å²) in [6, 6.07) is 3.16. The average molecular weight is 254 g/mol. The monoisotopic (exact) mass is 253 g/mol. The van der Waals surface area contributed by atoms with E-state index in [0.717, 1.165) is 12.8 Å². The Bertz CT molecular complexity index is 443. The van der Waals surface area contributed by atoms with E-state index in [9.17, 15) is 4.79 Å². The molecule has 92 valence electrons. The Balaban J connectivity index is 2.01. The van der Waals surface area contributed by atoms with Crippen molar-refractivity contribution in [1.82, 2.24) is 10.3 Å². The number of carbonyl (C=O) groups excluding carboxylic acids is 1. The fourth-order valence-electron chi connectivity index (χ4n) is 1.95. The highest BCUT2D eigenvalue weighted by Gasteiger charge is 2.32. The van der Waals surface area contributed by atoms with Crippen LogP contribution >= 0.6 is 11.6 Å². The molecule has 0 radical (unpaired) electrons. The van der Waals surface area contributed by atoms with E-state index in [2.05, 4.69) is 17.2 Å². The first kappa shape index (κ1) is 12.2. The molecule has 1 amide bonds. The predicted molar refractivity (Wildman–Crippen MR) is 68.0 cm³/mol. The topological polar surface area (TPSA) is 68.0 Å². The molecular weight excluding hydrogens is 238 g/mol. The number of rotatable bonds is 3. The summed E-state index contributed by atoms with van der Waals surface area (Å²) in [5.74, 6) is 0.0461. The van der Waals surface area contributed by atoms with Crippen LogP contribution in [0, 0.1) is 5.41 Å². The second-order valence-corrected chi connectivity index (χ2v) is 5.32. The molecule has 17 heavy (non-hydrogen) atoms. The highest BCUT2D eigenvalue weighted by atomic mass is 35.5. The fraction of sp³-hybridized carbons (Fsp3) is 0.500. The number of hydrogen-bond acceptors (Lipinski definition) is 3. The molecule has 0 atom stereocenters. The molecule has 3 N–H and O–H groups in total. The molecule has 0 aliphatic heterocycles. The first-order valence-electron chi connectivity index (χ1n) is 5.70. The number of pyridine rings is 1. The maximum absolute atomic E-state index is 11.9. The number of amides is 1. The SMILES string of the molecule is CC1(CNC(=O)c2nc(N)ccc2Cl)CCC1. The maximum Gasteiger partial charge on any atom is 0.271 e. The van der Waals surface area contributed by atoms with Crippen molar-refractivity contribution >= 4 is 23.3 Å². The zero-order valence-electron chi connectivity index (χ0n) is 9.79. The van der Waals surface area contributed by atoms with Crippen molar-refractivity contribution in [2.24, 2.45) is 5.41 Å². The summed E-state index contributed by atoms with van der Waals surface area (Å²) in [5.41, 5.74) is 5.98. The summed E-state index contributed by atoms with van der Waals surface area (Å²) >= 11 is 5.91. The Kier molecular flexibility index (Phi) is 3.24. The van der Waals surface area contributed by atoms with Crippen LogP contribution in [0.4, 0.5) is 5.82 Å². The van der Waals surface area contributed by atoms with Gasteiger partial charge in [0, 0.05) is 6.54 Å². The van der Waals surface area contributed by atoms with Crippen LogP contribution in [0.5, 0.6) is 0 Å². The van der Waals surface area contributed by atoms with Crippen LogP contribution < -0.4 is 11.1 Å². The van der Waals surface area contributed by atoms with Crippen LogP contribution in [0.3, 0.4) is 0 Å². The molecule has 1 aliphatic rings. The zero-order valence-corrected chi connectivity index (χ0v) is 10.5. The summed E-state index contributed by atoms with van der Waals surface area (Å²) < 4.78 is 0. The first-order valence-corrected chi connectivity index (χ1v) is 6.08. The van der Waals surface area contributed by atoms with E-state index in [1.54, 1.807) is 12.1 Å². The number of carbonyl (C=O) groups is 1. The molecule has 4 nitrogen and oxygen atoms in total. The molecule has 0 spiro atoms. The van der Waals surface area contributed by atoms with Gasteiger partial charge in [-0.1, -0.05) is 24.9 Å². The first-order chi connectivity index (χ1) is 8.00. The molecule has 0 aromatic carbocycles. The molecule has 1 aromatic heterocycles. The molecular formula is C12H16ClN3O. The summed E-state index contributed by atoms with van der Waals surface area (Å²) in [6.45, 7) is 2.84. The van der Waals surface area contributed by atoms with E-state index in [1.165, 1.54) is 6.42 Å². The van der Waals surface area contributed by atoms with Crippen molar-refractivity contribution in [1.29, 1.82) is 0 Å². The number of nitrogens with zero attached hydrogens (tertiary/aromatic N) is 1. The number of nitrogens with two attached hydrogens (primary N) is 1. The van der Waals surface area contributed by atoms with Crippen LogP contribution in [-0.2, 0) is 0 Å². The number of nitrogens with one attached hydrogen (secondary N) is 1. The summed E-state index contributed by atoms with van der Waals surface area (Å²) in [6.07, 6.45) is 3.56. The molecule has 1 aliphatic carbocycles. The van der Waals surface area contributed by atoms with Crippen LogP contribution in [0.2, 0.25) is 5.02 Å². The summed E-state index contributed by atoms with van der Waals surface area (Å²) in [7, 11) is 0. The molecule has 1 fully saturated rings. The lowest BCUT2D eigenvalue weighted by molar-refractivity contribution is 0.0886. The Morgan fingerprint density at radius 3 is 2.88 bits per heavy atom. The Morgan fingerprint density at radius 1 is 1.59 bits per heavy atom. The van der Waals surface area contributed by atoms with Gasteiger partial charge < -0.3 is 11.1 Å². The lowest BCUT2D eigenvalue weighted by atomic mass is 9.70. The third-order valence-electron chi connectivity index (χ3n) is 3.32. The minimum absolute atomic E-state index is 0.203. The minimum atomic E-state index is -0.254. The zero-order chi connectivity index (χ0) is 12.5. The van der Waals surface area contributed by atoms with Gasteiger partial charge in [-0.3, -0.25) is 4.79 Å². The van der Waals surface area contributed by atoms with E-state index in [4.69, 9.17) is 17.3 Å². The van der Waals surface area contributed by atoms with Gasteiger partial charge in [0.25, 0.3) is 5.91 Å². The normalized spacial score (nSPS) is 17.3. The van der Waals surface area contributed by atoms with Crippen LogP contribution in [0.25, 0.3) is 0 Å². The van der Waals surface area contributed by atoms with Crippen molar-refractivity contribution in [2.75, 3.05) is 12.3 Å². The van der Waals surface area contributed by atoms with Gasteiger partial charge in [-0.05, 0) is 30.4 Å². The van der Waals surface area contributed by atoms with Crippen LogP contribution in [0.1, 0.15) is 36.7 Å². The van der Waals surface area contributed by atoms with Crippen LogP contribution in [0.15, 0.2) is 12.1 Å². The third kappa shape index (κ3) is 2.69. The van der Waals surface area contributed by atoms with Crippen LogP contribution in [-0.4, -0.2) is 17.4 Å². The van der Waals surface area contributed by atoms with Crippen molar-refractivity contribution in [3.63, 3.8) is 0 Å². The Hall–Kier alpha value is -1.29. The quantitative estimate of drug-likeness (QED) is 0.868. The van der Waals surface area contributed by atoms with Gasteiger partial charge in [0.2, 0.25) is 0 Å². The van der Waals surface area contributed by atoms with Gasteiger partial charge in [-0.15, -0.1) is 0 Å². The van der Waals surface area contributed by atoms with Crippen molar-refractivity contribution in [3.05, 3.63) is 22.8 Å². The van der Waals surface area contributed by atoms with Gasteiger partial charge >= 0.3 is 0 Å². The summed E-state index contributed by atoms with van der Waals surface area (Å²) in [5, 5.41) is 3.20. The van der Waals surface area contributed by atoms with Gasteiger partial charge in [0.15, 0.2) is 0 Å². The molecule has 1 aromatic rings. The lowest BCUT2D eigenvalue weighted by Crippen LogP contribution is -2.40. The average Bonchev–Trinajstić information content (AvgIpc) is 2.26. The maximum atomic E-state index is 11.9. The molecule has 0 bridgehead atoms. The Labute approximate surface area is 106 Å². The highest BCUT2D eigenvalue weighted by molar-refractivity contribution is 6.33. The lowest BCUT2D eigenvalue weighted by Gasteiger charge is -2.38. The van der Waals surface area contributed by atoms with Gasteiger partial charge in [0.05, 0.1) is 5.02 Å². The fourth-order valence-corrected chi connectivity index (χ4v) is 2.14. The van der Waals surface area contributed by atoms with Gasteiger partial charge in [-0.2, -0.15) is 0 Å². The molecule has 1 saturated carbocycles. The molecule has 2 rings (SSSR count). The van der Waals surface area contributed by atoms with E-state index in [1.807, 2.05) is 0 Å². The molecule has 0 saturated heterocycles. The summed E-state index contributed by atoms with van der Waals surface area (Å²) in [4.78, 5) is 15.8. The Morgan fingerprint density at radius 2 is 2.29 bits per heavy atom. The van der Waals surface area contributed by atoms with Crippen molar-refractivity contribution in [2.45, 2.75) is 26.2 Å². The highest BCUT2D eigenvalue weighted by Crippen LogP contribution is 2.39. The molecule has 1 heterocycles. The van der Waals surface area contributed by atoms with E-state index >= 15 is 0 Å². The minimum Gasteiger partial charge on any atom is -0.384 e. The smallest absolute Gasteiger partial charge is 0.271 e. The number of halogens is 1. The third-order valence-corrected chi connectivity index (χ3v) is 3.62. The van der Waals surface area contributed by atoms with Gasteiger partial charge in [0.1, 0.15) is 11.5 Å². The number of nitrogen functional groups attached to an aromatic ring is 1. The second kappa shape index (κ2) is 4.53. The number of anilines is 1. The molecule has 5 heteroatoms. The van der Waals surface area contributed by atoms with Crippen molar-refractivity contribution < 1.29 is 4.79 Å². The standard InChI is InChI=1S/C12H16ClN3O/c1-12(5-2-6-12)7-15-11(17)10-8(13)3-4-9(14)16-10/h3-4H,2,5-7H2,1H3,(H2,14,16)(H,15,17). The predicted octanol–water partition coefficient (Wildman–Crippen LogP) is 2.24. The van der Waals surface area contributed by atoms with E-state index < -0.39 is 0 Å². The second-order valence-electron chi connectivity index (χ2n) is 4.91. The number of aromatic nitrogens is 1.